The van der Waals surface area contributed by atoms with Crippen molar-refractivity contribution in [1.29, 1.82) is 0 Å². The first-order valence-electron chi connectivity index (χ1n) is 9.02. The second-order valence-electron chi connectivity index (χ2n) is 7.15. The molecule has 0 spiro atoms. The third-order valence-electron chi connectivity index (χ3n) is 3.81. The predicted octanol–water partition coefficient (Wildman–Crippen LogP) is 5.17. The lowest BCUT2D eigenvalue weighted by Crippen LogP contribution is -2.13. The number of nitrogens with one attached hydrogen (secondary N) is 1. The summed E-state index contributed by atoms with van der Waals surface area (Å²) >= 11 is 0. The Hall–Kier alpha value is -3.02. The molecule has 3 aromatic rings. The van der Waals surface area contributed by atoms with E-state index in [4.69, 9.17) is 14.0 Å². The normalized spacial score (nSPS) is 11.3. The number of nitrogens with zero attached hydrogens (tertiary/aromatic N) is 2. The number of hydrogen-bond donors (Lipinski definition) is 1. The molecule has 0 radical (unpaired) electrons. The maximum atomic E-state index is 5.85. The number of rotatable bonds is 7. The van der Waals surface area contributed by atoms with Crippen LogP contribution in [0.3, 0.4) is 0 Å². The monoisotopic (exact) mass is 367 g/mol. The first-order chi connectivity index (χ1) is 12.9. The third kappa shape index (κ3) is 5.23. The van der Waals surface area contributed by atoms with Crippen LogP contribution in [-0.2, 0) is 12.0 Å². The second-order valence-corrected chi connectivity index (χ2v) is 7.15. The molecule has 6 heteroatoms. The SMILES string of the molecule is CCOc1ccc(Oc2ccc(NCc3nc(C(C)(C)C)no3)cc2)cc1. The zero-order valence-corrected chi connectivity index (χ0v) is 16.2. The molecule has 0 aliphatic rings. The van der Waals surface area contributed by atoms with Crippen molar-refractivity contribution in [3.8, 4) is 17.2 Å². The van der Waals surface area contributed by atoms with Crippen LogP contribution < -0.4 is 14.8 Å². The Morgan fingerprint density at radius 2 is 1.52 bits per heavy atom. The lowest BCUT2D eigenvalue weighted by atomic mass is 9.96. The van der Waals surface area contributed by atoms with Crippen LogP contribution in [0.5, 0.6) is 17.2 Å². The fourth-order valence-electron chi connectivity index (χ4n) is 2.36. The van der Waals surface area contributed by atoms with Gasteiger partial charge in [-0.3, -0.25) is 0 Å². The standard InChI is InChI=1S/C21H25N3O3/c1-5-25-16-10-12-18(13-11-16)26-17-8-6-15(7-9-17)22-14-19-23-20(24-27-19)21(2,3)4/h6-13,22H,5,14H2,1-4H3. The van der Waals surface area contributed by atoms with Crippen molar-refractivity contribution in [2.45, 2.75) is 39.7 Å². The van der Waals surface area contributed by atoms with Gasteiger partial charge < -0.3 is 19.3 Å². The fraction of sp³-hybridized carbons (Fsp3) is 0.333. The number of hydrogen-bond acceptors (Lipinski definition) is 6. The van der Waals surface area contributed by atoms with Crippen molar-refractivity contribution < 1.29 is 14.0 Å². The van der Waals surface area contributed by atoms with Gasteiger partial charge in [-0.2, -0.15) is 4.98 Å². The van der Waals surface area contributed by atoms with Crippen molar-refractivity contribution in [3.05, 3.63) is 60.2 Å². The van der Waals surface area contributed by atoms with Crippen LogP contribution in [0, 0.1) is 0 Å². The minimum atomic E-state index is -0.123. The minimum absolute atomic E-state index is 0.123. The average Bonchev–Trinajstić information content (AvgIpc) is 3.13. The molecule has 0 amide bonds. The molecule has 0 saturated heterocycles. The van der Waals surface area contributed by atoms with E-state index in [1.807, 2.05) is 55.5 Å². The zero-order valence-electron chi connectivity index (χ0n) is 16.2. The maximum Gasteiger partial charge on any atom is 0.245 e. The summed E-state index contributed by atoms with van der Waals surface area (Å²) in [4.78, 5) is 4.42. The van der Waals surface area contributed by atoms with Gasteiger partial charge >= 0.3 is 0 Å². The Balaban J connectivity index is 1.54. The topological polar surface area (TPSA) is 69.4 Å². The second kappa shape index (κ2) is 8.12. The largest absolute Gasteiger partial charge is 0.494 e. The molecule has 0 atom stereocenters. The molecule has 6 nitrogen and oxygen atoms in total. The molecule has 142 valence electrons. The van der Waals surface area contributed by atoms with Crippen molar-refractivity contribution in [3.63, 3.8) is 0 Å². The highest BCUT2D eigenvalue weighted by Gasteiger charge is 2.20. The molecular formula is C21H25N3O3. The third-order valence-corrected chi connectivity index (χ3v) is 3.81. The van der Waals surface area contributed by atoms with Gasteiger partial charge in [0.2, 0.25) is 5.89 Å². The summed E-state index contributed by atoms with van der Waals surface area (Å²) < 4.78 is 16.6. The van der Waals surface area contributed by atoms with E-state index in [0.717, 1.165) is 22.9 Å². The lowest BCUT2D eigenvalue weighted by Gasteiger charge is -2.11. The van der Waals surface area contributed by atoms with Crippen molar-refractivity contribution >= 4 is 5.69 Å². The summed E-state index contributed by atoms with van der Waals surface area (Å²) in [7, 11) is 0. The first kappa shape index (κ1) is 18.8. The van der Waals surface area contributed by atoms with Crippen LogP contribution in [0.2, 0.25) is 0 Å². The molecule has 3 rings (SSSR count). The van der Waals surface area contributed by atoms with Gasteiger partial charge in [0.15, 0.2) is 5.82 Å². The van der Waals surface area contributed by atoms with Gasteiger partial charge in [-0.05, 0) is 55.5 Å². The van der Waals surface area contributed by atoms with Crippen LogP contribution in [0.15, 0.2) is 53.1 Å². The number of anilines is 1. The summed E-state index contributed by atoms with van der Waals surface area (Å²) in [6.07, 6.45) is 0. The number of aromatic nitrogens is 2. The molecule has 0 unspecified atom stereocenters. The summed E-state index contributed by atoms with van der Waals surface area (Å²) in [6.45, 7) is 9.24. The van der Waals surface area contributed by atoms with E-state index < -0.39 is 0 Å². The van der Waals surface area contributed by atoms with Crippen LogP contribution in [0.25, 0.3) is 0 Å². The maximum absolute atomic E-state index is 5.85. The van der Waals surface area contributed by atoms with Gasteiger partial charge in [0.1, 0.15) is 17.2 Å². The van der Waals surface area contributed by atoms with E-state index in [1.165, 1.54) is 0 Å². The first-order valence-corrected chi connectivity index (χ1v) is 9.02. The Labute approximate surface area is 159 Å². The number of benzene rings is 2. The molecular weight excluding hydrogens is 342 g/mol. The van der Waals surface area contributed by atoms with Crippen molar-refractivity contribution in [2.24, 2.45) is 0 Å². The summed E-state index contributed by atoms with van der Waals surface area (Å²) in [5.41, 5.74) is 0.825. The van der Waals surface area contributed by atoms with Crippen molar-refractivity contribution in [1.82, 2.24) is 10.1 Å². The van der Waals surface area contributed by atoms with E-state index in [1.54, 1.807) is 0 Å². The fourth-order valence-corrected chi connectivity index (χ4v) is 2.36. The molecule has 0 fully saturated rings. The highest BCUT2D eigenvalue weighted by atomic mass is 16.5. The van der Waals surface area contributed by atoms with Gasteiger partial charge in [-0.15, -0.1) is 0 Å². The molecule has 0 aliphatic heterocycles. The Morgan fingerprint density at radius 3 is 2.07 bits per heavy atom. The molecule has 0 aliphatic carbocycles. The highest BCUT2D eigenvalue weighted by Crippen LogP contribution is 2.25. The predicted molar refractivity (Wildman–Crippen MR) is 104 cm³/mol. The Morgan fingerprint density at radius 1 is 0.926 bits per heavy atom. The molecule has 0 bridgehead atoms. The van der Waals surface area contributed by atoms with E-state index in [-0.39, 0.29) is 5.41 Å². The number of ether oxygens (including phenoxy) is 2. The van der Waals surface area contributed by atoms with E-state index in [2.05, 4.69) is 36.2 Å². The van der Waals surface area contributed by atoms with E-state index in [0.29, 0.717) is 24.9 Å². The lowest BCUT2D eigenvalue weighted by molar-refractivity contribution is 0.339. The van der Waals surface area contributed by atoms with Gasteiger partial charge in [0.05, 0.1) is 13.2 Å². The average molecular weight is 367 g/mol. The van der Waals surface area contributed by atoms with Gasteiger partial charge in [-0.1, -0.05) is 25.9 Å². The van der Waals surface area contributed by atoms with E-state index >= 15 is 0 Å². The molecule has 0 saturated carbocycles. The summed E-state index contributed by atoms with van der Waals surface area (Å²) in [5.74, 6) is 3.63. The van der Waals surface area contributed by atoms with Crippen LogP contribution in [-0.4, -0.2) is 16.7 Å². The summed E-state index contributed by atoms with van der Waals surface area (Å²) in [5, 5.41) is 7.29. The highest BCUT2D eigenvalue weighted by molar-refractivity contribution is 5.47. The summed E-state index contributed by atoms with van der Waals surface area (Å²) in [6, 6.07) is 15.3. The van der Waals surface area contributed by atoms with Gasteiger partial charge in [0, 0.05) is 11.1 Å². The Kier molecular flexibility index (Phi) is 5.64. The molecule has 27 heavy (non-hydrogen) atoms. The van der Waals surface area contributed by atoms with Gasteiger partial charge in [-0.25, -0.2) is 0 Å². The van der Waals surface area contributed by atoms with Crippen LogP contribution >= 0.6 is 0 Å². The molecule has 1 aromatic heterocycles. The van der Waals surface area contributed by atoms with Crippen molar-refractivity contribution in [2.75, 3.05) is 11.9 Å². The molecule has 1 N–H and O–H groups in total. The molecule has 2 aromatic carbocycles. The van der Waals surface area contributed by atoms with Crippen LogP contribution in [0.4, 0.5) is 5.69 Å². The minimum Gasteiger partial charge on any atom is -0.494 e. The zero-order chi connectivity index (χ0) is 19.3. The molecule has 1 heterocycles. The quantitative estimate of drug-likeness (QED) is 0.621. The van der Waals surface area contributed by atoms with Gasteiger partial charge in [0.25, 0.3) is 0 Å². The smallest absolute Gasteiger partial charge is 0.245 e. The van der Waals surface area contributed by atoms with Crippen LogP contribution in [0.1, 0.15) is 39.4 Å². The Bertz CT molecular complexity index is 850. The van der Waals surface area contributed by atoms with E-state index in [9.17, 15) is 0 Å².